The third-order valence-electron chi connectivity index (χ3n) is 4.39. The molecule has 0 atom stereocenters. The number of aromatic nitrogens is 2. The van der Waals surface area contributed by atoms with E-state index in [0.717, 1.165) is 25.7 Å². The molecule has 0 bridgehead atoms. The lowest BCUT2D eigenvalue weighted by molar-refractivity contribution is 0.102. The highest BCUT2D eigenvalue weighted by molar-refractivity contribution is 8.00. The van der Waals surface area contributed by atoms with Crippen LogP contribution in [0.3, 0.4) is 0 Å². The molecule has 0 radical (unpaired) electrons. The molecule has 7 heteroatoms. The zero-order valence-corrected chi connectivity index (χ0v) is 16.3. The van der Waals surface area contributed by atoms with E-state index < -0.39 is 0 Å². The van der Waals surface area contributed by atoms with Crippen LogP contribution in [0.1, 0.15) is 10.4 Å². The number of ketones is 1. The number of thioether (sulfide) groups is 1. The summed E-state index contributed by atoms with van der Waals surface area (Å²) in [4.78, 5) is 23.5. The topological polar surface area (TPSA) is 61.3 Å². The number of hydrogen-bond donors (Lipinski definition) is 0. The molecule has 5 nitrogen and oxygen atoms in total. The van der Waals surface area contributed by atoms with Crippen molar-refractivity contribution in [2.24, 2.45) is 0 Å². The van der Waals surface area contributed by atoms with Crippen molar-refractivity contribution < 1.29 is 14.3 Å². The summed E-state index contributed by atoms with van der Waals surface area (Å²) in [7, 11) is 0. The zero-order chi connectivity index (χ0) is 18.9. The summed E-state index contributed by atoms with van der Waals surface area (Å²) < 4.78 is 10.6. The van der Waals surface area contributed by atoms with Gasteiger partial charge in [-0.25, -0.2) is 9.97 Å². The Kier molecular flexibility index (Phi) is 4.46. The van der Waals surface area contributed by atoms with Gasteiger partial charge < -0.3 is 9.47 Å². The van der Waals surface area contributed by atoms with E-state index in [1.165, 1.54) is 11.8 Å². The van der Waals surface area contributed by atoms with Crippen molar-refractivity contribution in [1.82, 2.24) is 9.97 Å². The van der Waals surface area contributed by atoms with Crippen LogP contribution >= 0.6 is 23.1 Å². The first-order valence-corrected chi connectivity index (χ1v) is 10.4. The average Bonchev–Trinajstić information content (AvgIpc) is 3.39. The van der Waals surface area contributed by atoms with E-state index in [-0.39, 0.29) is 12.6 Å². The van der Waals surface area contributed by atoms with Crippen LogP contribution < -0.4 is 9.47 Å². The second kappa shape index (κ2) is 7.26. The molecular formula is C21H14N2O3S2. The van der Waals surface area contributed by atoms with E-state index >= 15 is 0 Å². The van der Waals surface area contributed by atoms with Gasteiger partial charge in [0.15, 0.2) is 17.3 Å². The molecule has 0 aliphatic carbocycles. The summed E-state index contributed by atoms with van der Waals surface area (Å²) in [6.45, 7) is 0.197. The van der Waals surface area contributed by atoms with E-state index in [1.807, 2.05) is 18.2 Å². The minimum absolute atomic E-state index is 0.0218. The third kappa shape index (κ3) is 3.23. The second-order valence-corrected chi connectivity index (χ2v) is 8.15. The summed E-state index contributed by atoms with van der Waals surface area (Å²) in [5.41, 5.74) is 1.76. The molecule has 2 aromatic heterocycles. The monoisotopic (exact) mass is 406 g/mol. The van der Waals surface area contributed by atoms with E-state index in [1.54, 1.807) is 35.9 Å². The second-order valence-electron chi connectivity index (χ2n) is 6.15. The smallest absolute Gasteiger partial charge is 0.231 e. The molecule has 0 unspecified atom stereocenters. The number of Topliss-reactive ketones (excluding diaryl/α,β-unsaturated/α-hetero) is 1. The summed E-state index contributed by atoms with van der Waals surface area (Å²) in [6.07, 6.45) is 1.56. The number of carbonyl (C=O) groups is 1. The fourth-order valence-electron chi connectivity index (χ4n) is 2.98. The number of thiophene rings is 1. The fourth-order valence-corrected chi connectivity index (χ4v) is 4.92. The highest BCUT2D eigenvalue weighted by Crippen LogP contribution is 2.37. The lowest BCUT2D eigenvalue weighted by Crippen LogP contribution is -2.02. The van der Waals surface area contributed by atoms with Gasteiger partial charge >= 0.3 is 0 Å². The third-order valence-corrected chi connectivity index (χ3v) is 6.48. The first-order chi connectivity index (χ1) is 13.8. The molecule has 0 saturated carbocycles. The number of hydrogen-bond acceptors (Lipinski definition) is 7. The van der Waals surface area contributed by atoms with Crippen LogP contribution in [0.15, 0.2) is 66.0 Å². The minimum atomic E-state index is 0.0218. The number of rotatable bonds is 5. The Morgan fingerprint density at radius 2 is 1.89 bits per heavy atom. The lowest BCUT2D eigenvalue weighted by Gasteiger charge is -2.03. The van der Waals surface area contributed by atoms with Crippen molar-refractivity contribution in [3.05, 3.63) is 66.5 Å². The average molecular weight is 406 g/mol. The molecule has 4 aromatic rings. The molecule has 28 heavy (non-hydrogen) atoms. The largest absolute Gasteiger partial charge is 0.454 e. The molecule has 2 aromatic carbocycles. The van der Waals surface area contributed by atoms with Crippen molar-refractivity contribution in [2.45, 2.75) is 5.03 Å². The molecule has 0 N–H and O–H groups in total. The summed E-state index contributed by atoms with van der Waals surface area (Å²) >= 11 is 3.06. The molecule has 1 aliphatic heterocycles. The first-order valence-electron chi connectivity index (χ1n) is 8.63. The van der Waals surface area contributed by atoms with Crippen LogP contribution in [-0.4, -0.2) is 28.3 Å². The highest BCUT2D eigenvalue weighted by atomic mass is 32.2. The molecule has 1 aliphatic rings. The van der Waals surface area contributed by atoms with Crippen LogP contribution in [0.5, 0.6) is 11.5 Å². The first kappa shape index (κ1) is 17.2. The van der Waals surface area contributed by atoms with Crippen LogP contribution in [0.25, 0.3) is 20.7 Å². The maximum absolute atomic E-state index is 12.6. The van der Waals surface area contributed by atoms with Crippen LogP contribution in [0.4, 0.5) is 0 Å². The molecule has 0 saturated heterocycles. The van der Waals surface area contributed by atoms with E-state index in [0.29, 0.717) is 22.8 Å². The van der Waals surface area contributed by atoms with Gasteiger partial charge in [0.1, 0.15) is 16.2 Å². The van der Waals surface area contributed by atoms with E-state index in [2.05, 4.69) is 28.2 Å². The van der Waals surface area contributed by atoms with Crippen molar-refractivity contribution in [3.63, 3.8) is 0 Å². The summed E-state index contributed by atoms with van der Waals surface area (Å²) in [5.74, 6) is 1.61. The number of carbonyl (C=O) groups excluding carboxylic acids is 1. The predicted molar refractivity (Wildman–Crippen MR) is 110 cm³/mol. The van der Waals surface area contributed by atoms with Gasteiger partial charge in [0.2, 0.25) is 6.79 Å². The molecule has 138 valence electrons. The fraction of sp³-hybridized carbons (Fsp3) is 0.0952. The van der Waals surface area contributed by atoms with Crippen molar-refractivity contribution in [3.8, 4) is 21.9 Å². The van der Waals surface area contributed by atoms with Gasteiger partial charge in [0.25, 0.3) is 0 Å². The maximum atomic E-state index is 12.6. The molecular weight excluding hydrogens is 392 g/mol. The SMILES string of the molecule is O=C(CSc1ncnc2sc(-c3ccccc3)cc12)c1ccc2c(c1)OCO2. The van der Waals surface area contributed by atoms with Crippen LogP contribution in [-0.2, 0) is 0 Å². The zero-order valence-electron chi connectivity index (χ0n) is 14.6. The Bertz CT molecular complexity index is 1170. The molecule has 0 amide bonds. The Morgan fingerprint density at radius 1 is 1.04 bits per heavy atom. The van der Waals surface area contributed by atoms with Gasteiger partial charge in [-0.3, -0.25) is 4.79 Å². The predicted octanol–water partition coefficient (Wildman–Crippen LogP) is 5.06. The molecule has 0 fully saturated rings. The number of benzene rings is 2. The van der Waals surface area contributed by atoms with Gasteiger partial charge in [-0.1, -0.05) is 42.1 Å². The van der Waals surface area contributed by atoms with Gasteiger partial charge in [-0.05, 0) is 29.8 Å². The van der Waals surface area contributed by atoms with E-state index in [9.17, 15) is 4.79 Å². The Balaban J connectivity index is 1.38. The van der Waals surface area contributed by atoms with Crippen molar-refractivity contribution in [2.75, 3.05) is 12.5 Å². The summed E-state index contributed by atoms with van der Waals surface area (Å²) in [6, 6.07) is 17.6. The number of fused-ring (bicyclic) bond motifs is 2. The summed E-state index contributed by atoms with van der Waals surface area (Å²) in [5, 5.41) is 1.80. The minimum Gasteiger partial charge on any atom is -0.454 e. The lowest BCUT2D eigenvalue weighted by atomic mass is 10.1. The quantitative estimate of drug-likeness (QED) is 0.262. The van der Waals surface area contributed by atoms with Gasteiger partial charge in [-0.15, -0.1) is 11.3 Å². The number of nitrogens with zero attached hydrogens (tertiary/aromatic N) is 2. The van der Waals surface area contributed by atoms with Crippen molar-refractivity contribution >= 4 is 39.1 Å². The van der Waals surface area contributed by atoms with Crippen LogP contribution in [0.2, 0.25) is 0 Å². The van der Waals surface area contributed by atoms with Crippen LogP contribution in [0, 0.1) is 0 Å². The maximum Gasteiger partial charge on any atom is 0.231 e. The molecule has 0 spiro atoms. The Morgan fingerprint density at radius 3 is 2.79 bits per heavy atom. The Hall–Kier alpha value is -2.90. The highest BCUT2D eigenvalue weighted by Gasteiger charge is 2.17. The standard InChI is InChI=1S/C21H14N2O3S2/c24-16(14-6-7-17-18(8-14)26-12-25-17)10-27-20-15-9-19(13-4-2-1-3-5-13)28-21(15)23-11-22-20/h1-9,11H,10,12H2. The normalized spacial score (nSPS) is 12.4. The molecule has 3 heterocycles. The number of ether oxygens (including phenoxy) is 2. The van der Waals surface area contributed by atoms with Gasteiger partial charge in [-0.2, -0.15) is 0 Å². The van der Waals surface area contributed by atoms with Gasteiger partial charge in [0, 0.05) is 15.8 Å². The van der Waals surface area contributed by atoms with Crippen molar-refractivity contribution in [1.29, 1.82) is 0 Å². The van der Waals surface area contributed by atoms with Gasteiger partial charge in [0.05, 0.1) is 5.75 Å². The Labute approximate surface area is 169 Å². The molecule has 5 rings (SSSR count). The van der Waals surface area contributed by atoms with E-state index in [4.69, 9.17) is 9.47 Å².